The van der Waals surface area contributed by atoms with Crippen LogP contribution in [0.2, 0.25) is 0 Å². The lowest BCUT2D eigenvalue weighted by Gasteiger charge is -2.17. The summed E-state index contributed by atoms with van der Waals surface area (Å²) in [5.74, 6) is 0.700. The van der Waals surface area contributed by atoms with Crippen LogP contribution in [0.4, 0.5) is 0 Å². The van der Waals surface area contributed by atoms with Crippen molar-refractivity contribution in [2.75, 3.05) is 32.5 Å². The molecule has 1 aromatic heterocycles. The van der Waals surface area contributed by atoms with Crippen LogP contribution in [-0.4, -0.2) is 58.8 Å². The van der Waals surface area contributed by atoms with Gasteiger partial charge in [0, 0.05) is 26.1 Å². The SMILES string of the molecule is COc1ccc(C)cc1-n1c(SCC(=O)NCCCN2CCCC2=O)nc2ccccc2c1=O. The summed E-state index contributed by atoms with van der Waals surface area (Å²) in [5, 5.41) is 3.82. The van der Waals surface area contributed by atoms with E-state index in [2.05, 4.69) is 5.32 Å². The first-order valence-electron chi connectivity index (χ1n) is 11.3. The van der Waals surface area contributed by atoms with Gasteiger partial charge in [-0.15, -0.1) is 0 Å². The van der Waals surface area contributed by atoms with Gasteiger partial charge < -0.3 is 15.0 Å². The molecule has 0 radical (unpaired) electrons. The molecule has 1 aliphatic heterocycles. The fourth-order valence-corrected chi connectivity index (χ4v) is 4.85. The Morgan fingerprint density at radius 2 is 2.03 bits per heavy atom. The van der Waals surface area contributed by atoms with Crippen LogP contribution in [0.25, 0.3) is 16.6 Å². The van der Waals surface area contributed by atoms with E-state index in [4.69, 9.17) is 9.72 Å². The highest BCUT2D eigenvalue weighted by Crippen LogP contribution is 2.28. The van der Waals surface area contributed by atoms with Crippen molar-refractivity contribution in [1.82, 2.24) is 19.8 Å². The number of aryl methyl sites for hydroxylation is 1. The topological polar surface area (TPSA) is 93.5 Å². The van der Waals surface area contributed by atoms with Crippen molar-refractivity contribution in [3.63, 3.8) is 0 Å². The van der Waals surface area contributed by atoms with E-state index in [0.717, 1.165) is 18.5 Å². The van der Waals surface area contributed by atoms with Gasteiger partial charge in [0.15, 0.2) is 5.16 Å². The van der Waals surface area contributed by atoms with Gasteiger partial charge in [-0.2, -0.15) is 0 Å². The number of rotatable bonds is 9. The van der Waals surface area contributed by atoms with E-state index in [1.54, 1.807) is 25.3 Å². The van der Waals surface area contributed by atoms with Gasteiger partial charge in [-0.3, -0.25) is 19.0 Å². The number of carbonyl (C=O) groups excluding carboxylic acids is 2. The summed E-state index contributed by atoms with van der Waals surface area (Å²) in [6, 6.07) is 12.8. The summed E-state index contributed by atoms with van der Waals surface area (Å²) in [6.45, 7) is 3.90. The lowest BCUT2D eigenvalue weighted by atomic mass is 10.2. The summed E-state index contributed by atoms with van der Waals surface area (Å²) in [4.78, 5) is 44.2. The van der Waals surface area contributed by atoms with E-state index < -0.39 is 0 Å². The third kappa shape index (κ3) is 5.25. The number of hydrogen-bond donors (Lipinski definition) is 1. The third-order valence-corrected chi connectivity index (χ3v) is 6.69. The summed E-state index contributed by atoms with van der Waals surface area (Å²) in [5.41, 5.74) is 1.92. The number of methoxy groups -OCH3 is 1. The molecule has 0 bridgehead atoms. The minimum absolute atomic E-state index is 0.113. The maximum atomic E-state index is 13.5. The Kier molecular flexibility index (Phi) is 7.52. The number of carbonyl (C=O) groups is 2. The van der Waals surface area contributed by atoms with Crippen LogP contribution in [0.3, 0.4) is 0 Å². The second-order valence-electron chi connectivity index (χ2n) is 8.20. The molecule has 178 valence electrons. The number of ether oxygens (including phenoxy) is 1. The lowest BCUT2D eigenvalue weighted by Crippen LogP contribution is -2.31. The van der Waals surface area contributed by atoms with Crippen molar-refractivity contribution in [2.24, 2.45) is 0 Å². The van der Waals surface area contributed by atoms with Crippen LogP contribution in [0.15, 0.2) is 52.4 Å². The molecule has 1 saturated heterocycles. The normalized spacial score (nSPS) is 13.5. The lowest BCUT2D eigenvalue weighted by molar-refractivity contribution is -0.127. The number of nitrogens with one attached hydrogen (secondary N) is 1. The highest BCUT2D eigenvalue weighted by molar-refractivity contribution is 7.99. The Morgan fingerprint density at radius 3 is 2.79 bits per heavy atom. The van der Waals surface area contributed by atoms with Crippen LogP contribution < -0.4 is 15.6 Å². The van der Waals surface area contributed by atoms with Gasteiger partial charge in [0.2, 0.25) is 11.8 Å². The molecule has 1 N–H and O–H groups in total. The van der Waals surface area contributed by atoms with Crippen LogP contribution in [0.1, 0.15) is 24.8 Å². The molecule has 0 saturated carbocycles. The minimum atomic E-state index is -0.215. The molecule has 1 fully saturated rings. The first kappa shape index (κ1) is 23.8. The van der Waals surface area contributed by atoms with Crippen molar-refractivity contribution in [3.8, 4) is 11.4 Å². The number of likely N-dealkylation sites (tertiary alicyclic amines) is 1. The largest absolute Gasteiger partial charge is 0.495 e. The monoisotopic (exact) mass is 480 g/mol. The quantitative estimate of drug-likeness (QED) is 0.288. The van der Waals surface area contributed by atoms with E-state index in [1.165, 1.54) is 16.3 Å². The third-order valence-electron chi connectivity index (χ3n) is 5.75. The van der Waals surface area contributed by atoms with Gasteiger partial charge >= 0.3 is 0 Å². The highest BCUT2D eigenvalue weighted by atomic mass is 32.2. The molecule has 0 atom stereocenters. The van der Waals surface area contributed by atoms with Crippen LogP contribution in [0, 0.1) is 6.92 Å². The van der Waals surface area contributed by atoms with Crippen molar-refractivity contribution >= 4 is 34.5 Å². The van der Waals surface area contributed by atoms with Crippen molar-refractivity contribution in [3.05, 3.63) is 58.4 Å². The number of thioether (sulfide) groups is 1. The van der Waals surface area contributed by atoms with E-state index in [-0.39, 0.29) is 23.1 Å². The molecular weight excluding hydrogens is 452 g/mol. The molecule has 0 spiro atoms. The Hall–Kier alpha value is -3.33. The molecular formula is C25H28N4O4S. The fraction of sp³-hybridized carbons (Fsp3) is 0.360. The molecule has 2 aromatic carbocycles. The van der Waals surface area contributed by atoms with Gasteiger partial charge in [-0.05, 0) is 49.6 Å². The maximum absolute atomic E-state index is 13.5. The van der Waals surface area contributed by atoms with Gasteiger partial charge in [0.1, 0.15) is 5.75 Å². The number of para-hydroxylation sites is 1. The molecule has 4 rings (SSSR count). The van der Waals surface area contributed by atoms with E-state index in [9.17, 15) is 14.4 Å². The van der Waals surface area contributed by atoms with E-state index in [0.29, 0.717) is 53.4 Å². The predicted octanol–water partition coefficient (Wildman–Crippen LogP) is 2.92. The second kappa shape index (κ2) is 10.7. The number of hydrogen-bond acceptors (Lipinski definition) is 6. The fourth-order valence-electron chi connectivity index (χ4n) is 4.02. The van der Waals surface area contributed by atoms with Crippen molar-refractivity contribution in [1.29, 1.82) is 0 Å². The molecule has 3 aromatic rings. The number of fused-ring (bicyclic) bond motifs is 1. The first-order chi connectivity index (χ1) is 16.5. The molecule has 8 nitrogen and oxygen atoms in total. The Bertz CT molecular complexity index is 1270. The highest BCUT2D eigenvalue weighted by Gasteiger charge is 2.20. The smallest absolute Gasteiger partial charge is 0.266 e. The summed E-state index contributed by atoms with van der Waals surface area (Å²) in [6.07, 6.45) is 2.24. The molecule has 0 aliphatic carbocycles. The van der Waals surface area contributed by atoms with Gasteiger partial charge in [0.25, 0.3) is 5.56 Å². The van der Waals surface area contributed by atoms with E-state index >= 15 is 0 Å². The summed E-state index contributed by atoms with van der Waals surface area (Å²) >= 11 is 1.21. The summed E-state index contributed by atoms with van der Waals surface area (Å²) < 4.78 is 7.03. The Labute approximate surface area is 202 Å². The van der Waals surface area contributed by atoms with Crippen LogP contribution in [0.5, 0.6) is 5.75 Å². The molecule has 2 amide bonds. The zero-order chi connectivity index (χ0) is 24.1. The first-order valence-corrected chi connectivity index (χ1v) is 12.3. The average molecular weight is 481 g/mol. The number of aromatic nitrogens is 2. The zero-order valence-corrected chi connectivity index (χ0v) is 20.2. The van der Waals surface area contributed by atoms with Crippen molar-refractivity contribution < 1.29 is 14.3 Å². The second-order valence-corrected chi connectivity index (χ2v) is 9.15. The van der Waals surface area contributed by atoms with Crippen LogP contribution in [-0.2, 0) is 9.59 Å². The zero-order valence-electron chi connectivity index (χ0n) is 19.4. The molecule has 34 heavy (non-hydrogen) atoms. The predicted molar refractivity (Wildman–Crippen MR) is 133 cm³/mol. The van der Waals surface area contributed by atoms with E-state index in [1.807, 2.05) is 36.1 Å². The number of nitrogens with zero attached hydrogens (tertiary/aromatic N) is 3. The average Bonchev–Trinajstić information content (AvgIpc) is 3.25. The Morgan fingerprint density at radius 1 is 1.21 bits per heavy atom. The maximum Gasteiger partial charge on any atom is 0.266 e. The minimum Gasteiger partial charge on any atom is -0.495 e. The van der Waals surface area contributed by atoms with Crippen LogP contribution >= 0.6 is 11.8 Å². The Balaban J connectivity index is 1.52. The number of amides is 2. The summed E-state index contributed by atoms with van der Waals surface area (Å²) in [7, 11) is 1.56. The van der Waals surface area contributed by atoms with Gasteiger partial charge in [-0.25, -0.2) is 4.98 Å². The molecule has 0 unspecified atom stereocenters. The standard InChI is InChI=1S/C25H28N4O4S/c1-17-10-11-21(33-2)20(15-17)29-24(32)18-7-3-4-8-19(18)27-25(29)34-16-22(30)26-12-6-14-28-13-5-9-23(28)31/h3-4,7-8,10-11,15H,5-6,9,12-14,16H2,1-2H3,(H,26,30). The van der Waals surface area contributed by atoms with Crippen molar-refractivity contribution in [2.45, 2.75) is 31.3 Å². The van der Waals surface area contributed by atoms with Gasteiger partial charge in [-0.1, -0.05) is 30.0 Å². The molecule has 2 heterocycles. The van der Waals surface area contributed by atoms with Gasteiger partial charge in [0.05, 0.1) is 29.5 Å². The number of benzene rings is 2. The molecule has 9 heteroatoms. The molecule has 1 aliphatic rings.